The second-order valence-electron chi connectivity index (χ2n) is 6.31. The highest BCUT2D eigenvalue weighted by Gasteiger charge is 2.29. The lowest BCUT2D eigenvalue weighted by Crippen LogP contribution is -2.44. The molecular weight excluding hydrogens is 248 g/mol. The van der Waals surface area contributed by atoms with Gasteiger partial charge in [-0.3, -0.25) is 4.79 Å². The molecular formula is C17H26N2O. The zero-order chi connectivity index (χ0) is 14.7. The van der Waals surface area contributed by atoms with E-state index in [0.29, 0.717) is 23.1 Å². The van der Waals surface area contributed by atoms with Gasteiger partial charge >= 0.3 is 0 Å². The highest BCUT2D eigenvalue weighted by atomic mass is 16.1. The Morgan fingerprint density at radius 1 is 1.30 bits per heavy atom. The monoisotopic (exact) mass is 274 g/mol. The minimum absolute atomic E-state index is 0.0156. The number of anilines is 1. The molecule has 2 rings (SSSR count). The van der Waals surface area contributed by atoms with E-state index < -0.39 is 0 Å². The van der Waals surface area contributed by atoms with E-state index in [1.165, 1.54) is 19.3 Å². The molecule has 110 valence electrons. The van der Waals surface area contributed by atoms with E-state index in [0.717, 1.165) is 12.0 Å². The van der Waals surface area contributed by atoms with Crippen LogP contribution in [-0.4, -0.2) is 11.9 Å². The number of nitrogens with one attached hydrogen (secondary N) is 1. The van der Waals surface area contributed by atoms with Crippen molar-refractivity contribution in [2.24, 2.45) is 11.8 Å². The molecule has 1 aromatic carbocycles. The van der Waals surface area contributed by atoms with Gasteiger partial charge in [-0.25, -0.2) is 0 Å². The van der Waals surface area contributed by atoms with Gasteiger partial charge in [0.15, 0.2) is 0 Å². The van der Waals surface area contributed by atoms with E-state index in [9.17, 15) is 4.79 Å². The molecule has 3 nitrogen and oxygen atoms in total. The third kappa shape index (κ3) is 3.14. The minimum Gasteiger partial charge on any atom is -0.398 e. The summed E-state index contributed by atoms with van der Waals surface area (Å²) in [6, 6.07) is 5.91. The Labute approximate surface area is 121 Å². The molecule has 1 aliphatic carbocycles. The van der Waals surface area contributed by atoms with Crippen molar-refractivity contribution < 1.29 is 4.79 Å². The molecule has 0 radical (unpaired) electrons. The molecule has 0 spiro atoms. The van der Waals surface area contributed by atoms with Crippen LogP contribution in [0.5, 0.6) is 0 Å². The lowest BCUT2D eigenvalue weighted by molar-refractivity contribution is 0.0889. The lowest BCUT2D eigenvalue weighted by Gasteiger charge is -2.35. The first-order valence-electron chi connectivity index (χ1n) is 7.66. The highest BCUT2D eigenvalue weighted by molar-refractivity contribution is 6.00. The van der Waals surface area contributed by atoms with Crippen LogP contribution in [-0.2, 0) is 0 Å². The zero-order valence-electron chi connectivity index (χ0n) is 12.8. The normalized spacial score (nSPS) is 22.8. The number of hydrogen-bond donors (Lipinski definition) is 2. The molecule has 2 atom stereocenters. The molecule has 1 aromatic rings. The lowest BCUT2D eigenvalue weighted by atomic mass is 9.77. The molecule has 1 amide bonds. The van der Waals surface area contributed by atoms with Crippen LogP contribution in [0.15, 0.2) is 18.2 Å². The van der Waals surface area contributed by atoms with Crippen LogP contribution in [0, 0.1) is 18.8 Å². The van der Waals surface area contributed by atoms with Gasteiger partial charge in [-0.15, -0.1) is 0 Å². The molecule has 20 heavy (non-hydrogen) atoms. The molecule has 1 saturated carbocycles. The van der Waals surface area contributed by atoms with Crippen LogP contribution < -0.4 is 11.1 Å². The van der Waals surface area contributed by atoms with E-state index in [2.05, 4.69) is 19.2 Å². The first-order chi connectivity index (χ1) is 9.50. The summed E-state index contributed by atoms with van der Waals surface area (Å²) in [6.07, 6.45) is 4.78. The van der Waals surface area contributed by atoms with Gasteiger partial charge in [-0.2, -0.15) is 0 Å². The van der Waals surface area contributed by atoms with Gasteiger partial charge in [0.25, 0.3) is 5.91 Å². The van der Waals surface area contributed by atoms with Gasteiger partial charge in [0, 0.05) is 11.7 Å². The van der Waals surface area contributed by atoms with Gasteiger partial charge < -0.3 is 11.1 Å². The first-order valence-corrected chi connectivity index (χ1v) is 7.66. The third-order valence-corrected chi connectivity index (χ3v) is 4.52. The van der Waals surface area contributed by atoms with Gasteiger partial charge in [0.2, 0.25) is 0 Å². The van der Waals surface area contributed by atoms with Crippen LogP contribution in [0.3, 0.4) is 0 Å². The molecule has 0 heterocycles. The predicted octanol–water partition coefficient (Wildman–Crippen LogP) is 3.52. The number of benzene rings is 1. The predicted molar refractivity (Wildman–Crippen MR) is 83.6 cm³/mol. The van der Waals surface area contributed by atoms with Crippen molar-refractivity contribution in [2.45, 2.75) is 52.5 Å². The van der Waals surface area contributed by atoms with Crippen LogP contribution >= 0.6 is 0 Å². The highest BCUT2D eigenvalue weighted by Crippen LogP contribution is 2.30. The largest absolute Gasteiger partial charge is 0.398 e. The molecule has 1 aliphatic rings. The summed E-state index contributed by atoms with van der Waals surface area (Å²) in [5, 5.41) is 3.23. The average molecular weight is 274 g/mol. The molecule has 0 saturated heterocycles. The van der Waals surface area contributed by atoms with Crippen molar-refractivity contribution in [1.29, 1.82) is 0 Å². The maximum atomic E-state index is 12.5. The van der Waals surface area contributed by atoms with Crippen molar-refractivity contribution in [3.05, 3.63) is 29.3 Å². The topological polar surface area (TPSA) is 55.1 Å². The quantitative estimate of drug-likeness (QED) is 0.829. The Bertz CT molecular complexity index is 462. The zero-order valence-corrected chi connectivity index (χ0v) is 12.8. The van der Waals surface area contributed by atoms with Crippen LogP contribution in [0.2, 0.25) is 0 Å². The number of rotatable bonds is 3. The number of carbonyl (C=O) groups is 1. The molecule has 0 bridgehead atoms. The van der Waals surface area contributed by atoms with Crippen molar-refractivity contribution in [2.75, 3.05) is 5.73 Å². The SMILES string of the molecule is Cc1cccc(N)c1C(=O)NC1CCCCC1C(C)C. The van der Waals surface area contributed by atoms with E-state index >= 15 is 0 Å². The summed E-state index contributed by atoms with van der Waals surface area (Å²) in [7, 11) is 0. The number of carbonyl (C=O) groups excluding carboxylic acids is 1. The van der Waals surface area contributed by atoms with Gasteiger partial charge in [0.05, 0.1) is 5.56 Å². The maximum Gasteiger partial charge on any atom is 0.253 e. The Morgan fingerprint density at radius 2 is 2.00 bits per heavy atom. The molecule has 1 fully saturated rings. The molecule has 3 heteroatoms. The summed E-state index contributed by atoms with van der Waals surface area (Å²) in [5.41, 5.74) is 8.11. The molecule has 2 unspecified atom stereocenters. The van der Waals surface area contributed by atoms with E-state index in [1.54, 1.807) is 6.07 Å². The summed E-state index contributed by atoms with van der Waals surface area (Å²) in [5.74, 6) is 1.17. The second-order valence-corrected chi connectivity index (χ2v) is 6.31. The summed E-state index contributed by atoms with van der Waals surface area (Å²) in [6.45, 7) is 6.43. The number of nitrogens with two attached hydrogens (primary N) is 1. The van der Waals surface area contributed by atoms with Crippen LogP contribution in [0.25, 0.3) is 0 Å². The Kier molecular flexibility index (Phi) is 4.69. The summed E-state index contributed by atoms with van der Waals surface area (Å²) >= 11 is 0. The second kappa shape index (κ2) is 6.29. The maximum absolute atomic E-state index is 12.5. The molecule has 0 aliphatic heterocycles. The molecule has 3 N–H and O–H groups in total. The van der Waals surface area contributed by atoms with Gasteiger partial charge in [0.1, 0.15) is 0 Å². The van der Waals surface area contributed by atoms with Crippen molar-refractivity contribution in [3.63, 3.8) is 0 Å². The van der Waals surface area contributed by atoms with Gasteiger partial charge in [-0.05, 0) is 43.2 Å². The average Bonchev–Trinajstić information content (AvgIpc) is 2.38. The van der Waals surface area contributed by atoms with Crippen molar-refractivity contribution >= 4 is 11.6 Å². The van der Waals surface area contributed by atoms with E-state index in [-0.39, 0.29) is 11.9 Å². The third-order valence-electron chi connectivity index (χ3n) is 4.52. The fourth-order valence-corrected chi connectivity index (χ4v) is 3.38. The van der Waals surface area contributed by atoms with Crippen LogP contribution in [0.4, 0.5) is 5.69 Å². The fraction of sp³-hybridized carbons (Fsp3) is 0.588. The first kappa shape index (κ1) is 14.9. The number of aryl methyl sites for hydroxylation is 1. The van der Waals surface area contributed by atoms with Crippen LogP contribution in [0.1, 0.15) is 55.5 Å². The Morgan fingerprint density at radius 3 is 2.65 bits per heavy atom. The van der Waals surface area contributed by atoms with Crippen molar-refractivity contribution in [1.82, 2.24) is 5.32 Å². The van der Waals surface area contributed by atoms with Crippen molar-refractivity contribution in [3.8, 4) is 0 Å². The number of amides is 1. The summed E-state index contributed by atoms with van der Waals surface area (Å²) in [4.78, 5) is 12.5. The smallest absolute Gasteiger partial charge is 0.253 e. The van der Waals surface area contributed by atoms with E-state index in [1.807, 2.05) is 19.1 Å². The number of hydrogen-bond acceptors (Lipinski definition) is 2. The Hall–Kier alpha value is -1.51. The Balaban J connectivity index is 2.14. The number of nitrogen functional groups attached to an aromatic ring is 1. The van der Waals surface area contributed by atoms with E-state index in [4.69, 9.17) is 5.73 Å². The molecule has 0 aromatic heterocycles. The summed E-state index contributed by atoms with van der Waals surface area (Å²) < 4.78 is 0. The standard InChI is InChI=1S/C17H26N2O/c1-11(2)13-8-4-5-10-15(13)19-17(20)16-12(3)7-6-9-14(16)18/h6-7,9,11,13,15H,4-5,8,10,18H2,1-3H3,(H,19,20). The minimum atomic E-state index is -0.0156. The van der Waals surface area contributed by atoms with Gasteiger partial charge in [-0.1, -0.05) is 38.8 Å². The fourth-order valence-electron chi connectivity index (χ4n) is 3.38.